The highest BCUT2D eigenvalue weighted by Crippen LogP contribution is 2.17. The summed E-state index contributed by atoms with van der Waals surface area (Å²) >= 11 is 0. The van der Waals surface area contributed by atoms with E-state index in [1.54, 1.807) is 0 Å². The number of hydrogen-bond acceptors (Lipinski definition) is 2. The summed E-state index contributed by atoms with van der Waals surface area (Å²) in [7, 11) is 0. The second-order valence-corrected chi connectivity index (χ2v) is 3.71. The van der Waals surface area contributed by atoms with E-state index in [1.165, 1.54) is 13.0 Å². The van der Waals surface area contributed by atoms with E-state index in [1.807, 2.05) is 6.92 Å². The van der Waals surface area contributed by atoms with Crippen molar-refractivity contribution in [3.8, 4) is 0 Å². The van der Waals surface area contributed by atoms with Crippen molar-refractivity contribution in [3.05, 3.63) is 11.8 Å². The molecule has 1 unspecified atom stereocenters. The predicted octanol–water partition coefficient (Wildman–Crippen LogP) is 2.70. The van der Waals surface area contributed by atoms with Crippen molar-refractivity contribution in [2.45, 2.75) is 34.1 Å². The number of rotatable bonds is 4. The van der Waals surface area contributed by atoms with Crippen LogP contribution in [-0.2, 0) is 4.79 Å². The molecule has 0 amide bonds. The molecule has 0 radical (unpaired) electrons. The number of hydrogen-bond donors (Lipinski definition) is 1. The minimum Gasteiger partial charge on any atom is -0.512 e. The molecule has 0 fully saturated rings. The lowest BCUT2D eigenvalue weighted by Gasteiger charge is -2.12. The molecular formula is C10H18O2. The largest absolute Gasteiger partial charge is 0.512 e. The Morgan fingerprint density at radius 1 is 1.42 bits per heavy atom. The van der Waals surface area contributed by atoms with Gasteiger partial charge in [-0.15, -0.1) is 0 Å². The average Bonchev–Trinajstić information content (AvgIpc) is 1.84. The molecule has 0 aromatic heterocycles. The third-order valence-electron chi connectivity index (χ3n) is 1.68. The molecule has 2 heteroatoms. The molecule has 0 saturated heterocycles. The second kappa shape index (κ2) is 4.96. The van der Waals surface area contributed by atoms with Gasteiger partial charge in [0.1, 0.15) is 0 Å². The molecule has 0 aromatic carbocycles. The highest BCUT2D eigenvalue weighted by molar-refractivity contribution is 5.87. The van der Waals surface area contributed by atoms with Gasteiger partial charge in [0.2, 0.25) is 0 Å². The Kier molecular flexibility index (Phi) is 4.64. The zero-order chi connectivity index (χ0) is 9.72. The minimum atomic E-state index is -0.0943. The first-order valence-electron chi connectivity index (χ1n) is 4.34. The highest BCUT2D eigenvalue weighted by Gasteiger charge is 2.09. The molecular weight excluding hydrogens is 152 g/mol. The van der Waals surface area contributed by atoms with E-state index in [0.717, 1.165) is 6.42 Å². The van der Waals surface area contributed by atoms with E-state index in [2.05, 4.69) is 13.8 Å². The molecule has 0 bridgehead atoms. The van der Waals surface area contributed by atoms with Crippen LogP contribution >= 0.6 is 0 Å². The summed E-state index contributed by atoms with van der Waals surface area (Å²) in [6.07, 6.45) is 2.21. The Labute approximate surface area is 74.3 Å². The summed E-state index contributed by atoms with van der Waals surface area (Å²) in [5.74, 6) is 0.746. The van der Waals surface area contributed by atoms with Crippen LogP contribution in [0.15, 0.2) is 11.8 Å². The molecule has 2 nitrogen and oxygen atoms in total. The smallest absolute Gasteiger partial charge is 0.155 e. The number of ketones is 1. The normalized spacial score (nSPS) is 14.9. The van der Waals surface area contributed by atoms with E-state index < -0.39 is 0 Å². The van der Waals surface area contributed by atoms with E-state index >= 15 is 0 Å². The molecule has 0 saturated carbocycles. The number of carbonyl (C=O) groups is 1. The predicted molar refractivity (Wildman–Crippen MR) is 50.0 cm³/mol. The molecule has 0 aliphatic rings. The summed E-state index contributed by atoms with van der Waals surface area (Å²) in [6.45, 7) is 7.56. The standard InChI is InChI=1S/C10H18O2/c1-7(2)5-8(3)10(12)6-9(4)11/h6-8,12H,5H2,1-4H3. The fourth-order valence-corrected chi connectivity index (χ4v) is 1.18. The first kappa shape index (κ1) is 11.2. The fourth-order valence-electron chi connectivity index (χ4n) is 1.18. The van der Waals surface area contributed by atoms with Crippen LogP contribution in [0.1, 0.15) is 34.1 Å². The number of aliphatic hydroxyl groups excluding tert-OH is 1. The lowest BCUT2D eigenvalue weighted by Crippen LogP contribution is -2.04. The third kappa shape index (κ3) is 4.94. The molecule has 1 N–H and O–H groups in total. The highest BCUT2D eigenvalue weighted by atomic mass is 16.3. The first-order valence-corrected chi connectivity index (χ1v) is 4.34. The Morgan fingerprint density at radius 2 is 1.92 bits per heavy atom. The summed E-state index contributed by atoms with van der Waals surface area (Å²) in [5, 5.41) is 9.38. The van der Waals surface area contributed by atoms with Gasteiger partial charge in [0.25, 0.3) is 0 Å². The monoisotopic (exact) mass is 170 g/mol. The van der Waals surface area contributed by atoms with Crippen molar-refractivity contribution < 1.29 is 9.90 Å². The van der Waals surface area contributed by atoms with Crippen LogP contribution < -0.4 is 0 Å². The van der Waals surface area contributed by atoms with Gasteiger partial charge in [-0.05, 0) is 19.3 Å². The number of allylic oxidation sites excluding steroid dienone is 2. The molecule has 0 aliphatic heterocycles. The maximum Gasteiger partial charge on any atom is 0.155 e. The van der Waals surface area contributed by atoms with Gasteiger partial charge in [0, 0.05) is 12.0 Å². The van der Waals surface area contributed by atoms with Crippen molar-refractivity contribution in [3.63, 3.8) is 0 Å². The van der Waals surface area contributed by atoms with Crippen molar-refractivity contribution in [1.82, 2.24) is 0 Å². The lowest BCUT2D eigenvalue weighted by atomic mass is 9.97. The van der Waals surface area contributed by atoms with Crippen LogP contribution in [0.4, 0.5) is 0 Å². The molecule has 1 atom stereocenters. The van der Waals surface area contributed by atoms with Gasteiger partial charge in [-0.1, -0.05) is 20.8 Å². The molecule has 12 heavy (non-hydrogen) atoms. The van der Waals surface area contributed by atoms with Crippen molar-refractivity contribution >= 4 is 5.78 Å². The Balaban J connectivity index is 4.09. The zero-order valence-electron chi connectivity index (χ0n) is 8.29. The van der Waals surface area contributed by atoms with Crippen molar-refractivity contribution in [2.75, 3.05) is 0 Å². The fraction of sp³-hybridized carbons (Fsp3) is 0.700. The van der Waals surface area contributed by atoms with Crippen LogP contribution in [0, 0.1) is 11.8 Å². The Bertz CT molecular complexity index is 180. The van der Waals surface area contributed by atoms with Gasteiger partial charge in [-0.2, -0.15) is 0 Å². The first-order chi connectivity index (χ1) is 5.43. The van der Waals surface area contributed by atoms with Crippen LogP contribution in [0.3, 0.4) is 0 Å². The van der Waals surface area contributed by atoms with Crippen molar-refractivity contribution in [1.29, 1.82) is 0 Å². The SMILES string of the molecule is CC(=O)C=C(O)C(C)CC(C)C. The third-order valence-corrected chi connectivity index (χ3v) is 1.68. The maximum atomic E-state index is 10.6. The van der Waals surface area contributed by atoms with Gasteiger partial charge in [0.05, 0.1) is 5.76 Å². The Morgan fingerprint density at radius 3 is 2.25 bits per heavy atom. The number of carbonyl (C=O) groups excluding carboxylic acids is 1. The van der Waals surface area contributed by atoms with E-state index in [9.17, 15) is 9.90 Å². The summed E-state index contributed by atoms with van der Waals surface area (Å²) < 4.78 is 0. The topological polar surface area (TPSA) is 37.3 Å². The van der Waals surface area contributed by atoms with Gasteiger partial charge >= 0.3 is 0 Å². The van der Waals surface area contributed by atoms with E-state index in [-0.39, 0.29) is 17.5 Å². The summed E-state index contributed by atoms with van der Waals surface area (Å²) in [5.41, 5.74) is 0. The molecule has 70 valence electrons. The van der Waals surface area contributed by atoms with Crippen molar-refractivity contribution in [2.24, 2.45) is 11.8 Å². The van der Waals surface area contributed by atoms with Gasteiger partial charge < -0.3 is 5.11 Å². The molecule has 0 aliphatic carbocycles. The number of aliphatic hydroxyl groups is 1. The van der Waals surface area contributed by atoms with E-state index in [0.29, 0.717) is 5.92 Å². The quantitative estimate of drug-likeness (QED) is 0.520. The molecule has 0 spiro atoms. The molecule has 0 heterocycles. The van der Waals surface area contributed by atoms with Gasteiger partial charge in [-0.3, -0.25) is 4.79 Å². The molecule has 0 aromatic rings. The van der Waals surface area contributed by atoms with E-state index in [4.69, 9.17) is 0 Å². The van der Waals surface area contributed by atoms with Crippen LogP contribution in [0.5, 0.6) is 0 Å². The zero-order valence-corrected chi connectivity index (χ0v) is 8.29. The second-order valence-electron chi connectivity index (χ2n) is 3.71. The average molecular weight is 170 g/mol. The van der Waals surface area contributed by atoms with Gasteiger partial charge in [0.15, 0.2) is 5.78 Å². The van der Waals surface area contributed by atoms with Crippen LogP contribution in [0.25, 0.3) is 0 Å². The minimum absolute atomic E-state index is 0.0916. The lowest BCUT2D eigenvalue weighted by molar-refractivity contribution is -0.112. The van der Waals surface area contributed by atoms with Crippen LogP contribution in [-0.4, -0.2) is 10.9 Å². The Hall–Kier alpha value is -0.790. The van der Waals surface area contributed by atoms with Crippen LogP contribution in [0.2, 0.25) is 0 Å². The maximum absolute atomic E-state index is 10.6. The summed E-state index contributed by atoms with van der Waals surface area (Å²) in [6, 6.07) is 0. The summed E-state index contributed by atoms with van der Waals surface area (Å²) in [4.78, 5) is 10.6. The molecule has 0 rings (SSSR count). The van der Waals surface area contributed by atoms with Gasteiger partial charge in [-0.25, -0.2) is 0 Å².